The zero-order valence-corrected chi connectivity index (χ0v) is 17.1. The van der Waals surface area contributed by atoms with E-state index < -0.39 is 11.6 Å². The summed E-state index contributed by atoms with van der Waals surface area (Å²) in [5, 5.41) is 11.6. The van der Waals surface area contributed by atoms with E-state index in [0.717, 1.165) is 23.3 Å². The molecule has 0 fully saturated rings. The maximum Gasteiger partial charge on any atom is 0.194 e. The topological polar surface area (TPSA) is 58.3 Å². The highest BCUT2D eigenvalue weighted by Crippen LogP contribution is 2.23. The number of halogens is 2. The van der Waals surface area contributed by atoms with Crippen LogP contribution >= 0.6 is 0 Å². The summed E-state index contributed by atoms with van der Waals surface area (Å²) in [4.78, 5) is 6.79. The zero-order valence-electron chi connectivity index (χ0n) is 17.1. The molecular formula is C22H24F2N6. The van der Waals surface area contributed by atoms with E-state index in [9.17, 15) is 8.78 Å². The third-order valence-electron chi connectivity index (χ3n) is 5.39. The third-order valence-corrected chi connectivity index (χ3v) is 5.39. The summed E-state index contributed by atoms with van der Waals surface area (Å²) in [5.74, 6) is 1.25. The standard InChI is InChI=1S/C22H24F2N6/c1-15-27-28-21(29(15)2)13-26-22(25-12-16-6-4-3-5-7-16)30-9-8-19-17(14-30)10-18(23)11-20(19)24/h3-7,10-11H,8-9,12-14H2,1-2H3,(H,25,26). The molecule has 1 aliphatic heterocycles. The number of benzene rings is 2. The van der Waals surface area contributed by atoms with Crippen LogP contribution in [0.15, 0.2) is 47.5 Å². The first-order valence-electron chi connectivity index (χ1n) is 9.90. The van der Waals surface area contributed by atoms with E-state index in [-0.39, 0.29) is 0 Å². The van der Waals surface area contributed by atoms with E-state index in [1.54, 1.807) is 0 Å². The van der Waals surface area contributed by atoms with Crippen molar-refractivity contribution in [2.24, 2.45) is 12.0 Å². The zero-order chi connectivity index (χ0) is 21.1. The predicted molar refractivity (Wildman–Crippen MR) is 111 cm³/mol. The normalized spacial score (nSPS) is 14.0. The first-order valence-corrected chi connectivity index (χ1v) is 9.90. The van der Waals surface area contributed by atoms with Gasteiger partial charge in [0, 0.05) is 26.2 Å². The molecule has 0 amide bonds. The van der Waals surface area contributed by atoms with Crippen molar-refractivity contribution in [1.82, 2.24) is 25.0 Å². The average Bonchev–Trinajstić information content (AvgIpc) is 3.06. The molecule has 30 heavy (non-hydrogen) atoms. The quantitative estimate of drug-likeness (QED) is 0.531. The van der Waals surface area contributed by atoms with Gasteiger partial charge in [-0.25, -0.2) is 13.8 Å². The van der Waals surface area contributed by atoms with Crippen LogP contribution in [0.2, 0.25) is 0 Å². The van der Waals surface area contributed by atoms with E-state index in [4.69, 9.17) is 4.99 Å². The smallest absolute Gasteiger partial charge is 0.194 e. The van der Waals surface area contributed by atoms with E-state index in [1.165, 1.54) is 6.07 Å². The molecule has 0 unspecified atom stereocenters. The lowest BCUT2D eigenvalue weighted by molar-refractivity contribution is 0.368. The highest BCUT2D eigenvalue weighted by Gasteiger charge is 2.23. The molecule has 0 spiro atoms. The van der Waals surface area contributed by atoms with Gasteiger partial charge in [-0.05, 0) is 36.1 Å². The van der Waals surface area contributed by atoms with Gasteiger partial charge in [0.25, 0.3) is 0 Å². The number of aliphatic imine (C=N–C) groups is 1. The number of nitrogens with zero attached hydrogens (tertiary/aromatic N) is 5. The number of rotatable bonds is 4. The molecule has 1 aromatic heterocycles. The summed E-state index contributed by atoms with van der Waals surface area (Å²) in [5.41, 5.74) is 2.32. The number of nitrogens with one attached hydrogen (secondary N) is 1. The fourth-order valence-electron chi connectivity index (χ4n) is 3.57. The molecule has 4 rings (SSSR count). The lowest BCUT2D eigenvalue weighted by Gasteiger charge is -2.32. The Hall–Kier alpha value is -3.29. The Morgan fingerprint density at radius 3 is 2.70 bits per heavy atom. The van der Waals surface area contributed by atoms with Crippen molar-refractivity contribution in [3.05, 3.63) is 82.4 Å². The molecule has 8 heteroatoms. The fourth-order valence-corrected chi connectivity index (χ4v) is 3.57. The SMILES string of the molecule is Cc1nnc(CNC(=NCc2ccccc2)N2CCc3c(F)cc(F)cc3C2)n1C. The first kappa shape index (κ1) is 20.0. The van der Waals surface area contributed by atoms with Crippen LogP contribution in [0.3, 0.4) is 0 Å². The monoisotopic (exact) mass is 410 g/mol. The number of hydrogen-bond donors (Lipinski definition) is 1. The third kappa shape index (κ3) is 4.32. The minimum atomic E-state index is -0.557. The summed E-state index contributed by atoms with van der Waals surface area (Å²) >= 11 is 0. The molecule has 1 N–H and O–H groups in total. The van der Waals surface area contributed by atoms with Gasteiger partial charge in [-0.3, -0.25) is 0 Å². The minimum absolute atomic E-state index is 0.391. The van der Waals surface area contributed by atoms with Crippen molar-refractivity contribution in [3.63, 3.8) is 0 Å². The number of fused-ring (bicyclic) bond motifs is 1. The van der Waals surface area contributed by atoms with Gasteiger partial charge in [0.1, 0.15) is 17.5 Å². The number of guanidine groups is 1. The largest absolute Gasteiger partial charge is 0.349 e. The second kappa shape index (κ2) is 8.61. The summed E-state index contributed by atoms with van der Waals surface area (Å²) in [7, 11) is 1.91. The van der Waals surface area contributed by atoms with Crippen LogP contribution in [-0.2, 0) is 33.1 Å². The van der Waals surface area contributed by atoms with Gasteiger partial charge < -0.3 is 14.8 Å². The average molecular weight is 410 g/mol. The van der Waals surface area contributed by atoms with E-state index in [0.29, 0.717) is 49.7 Å². The van der Waals surface area contributed by atoms with Crippen molar-refractivity contribution in [3.8, 4) is 0 Å². The maximum absolute atomic E-state index is 14.1. The Balaban J connectivity index is 1.57. The molecule has 0 aliphatic carbocycles. The van der Waals surface area contributed by atoms with Gasteiger partial charge in [-0.2, -0.15) is 0 Å². The highest BCUT2D eigenvalue weighted by molar-refractivity contribution is 5.80. The van der Waals surface area contributed by atoms with Gasteiger partial charge in [0.05, 0.1) is 13.1 Å². The molecular weight excluding hydrogens is 386 g/mol. The van der Waals surface area contributed by atoms with Crippen molar-refractivity contribution >= 4 is 5.96 Å². The summed E-state index contributed by atoms with van der Waals surface area (Å²) in [6.45, 7) is 3.83. The summed E-state index contributed by atoms with van der Waals surface area (Å²) in [6.07, 6.45) is 0.497. The molecule has 0 saturated carbocycles. The molecule has 2 heterocycles. The number of aryl methyl sites for hydroxylation is 1. The fraction of sp³-hybridized carbons (Fsp3) is 0.318. The van der Waals surface area contributed by atoms with Crippen LogP contribution in [0.5, 0.6) is 0 Å². The van der Waals surface area contributed by atoms with Crippen LogP contribution in [0.4, 0.5) is 8.78 Å². The van der Waals surface area contributed by atoms with E-state index in [2.05, 4.69) is 15.5 Å². The van der Waals surface area contributed by atoms with Crippen molar-refractivity contribution in [1.29, 1.82) is 0 Å². The Morgan fingerprint density at radius 2 is 1.97 bits per heavy atom. The molecule has 2 aromatic carbocycles. The van der Waals surface area contributed by atoms with Crippen LogP contribution in [0.1, 0.15) is 28.3 Å². The molecule has 156 valence electrons. The van der Waals surface area contributed by atoms with Crippen LogP contribution in [-0.4, -0.2) is 32.2 Å². The molecule has 0 saturated heterocycles. The molecule has 3 aromatic rings. The Morgan fingerprint density at radius 1 is 1.17 bits per heavy atom. The molecule has 0 bridgehead atoms. The Bertz CT molecular complexity index is 1060. The molecule has 0 atom stereocenters. The number of hydrogen-bond acceptors (Lipinski definition) is 3. The minimum Gasteiger partial charge on any atom is -0.349 e. The van der Waals surface area contributed by atoms with Crippen LogP contribution in [0, 0.1) is 18.6 Å². The lowest BCUT2D eigenvalue weighted by atomic mass is 9.99. The van der Waals surface area contributed by atoms with Crippen LogP contribution in [0.25, 0.3) is 0 Å². The second-order valence-corrected chi connectivity index (χ2v) is 7.40. The van der Waals surface area contributed by atoms with Gasteiger partial charge >= 0.3 is 0 Å². The predicted octanol–water partition coefficient (Wildman–Crippen LogP) is 3.11. The highest BCUT2D eigenvalue weighted by atomic mass is 19.1. The van der Waals surface area contributed by atoms with E-state index in [1.807, 2.05) is 53.8 Å². The first-order chi connectivity index (χ1) is 14.5. The number of aromatic nitrogens is 3. The van der Waals surface area contributed by atoms with Gasteiger partial charge in [0.2, 0.25) is 0 Å². The summed E-state index contributed by atoms with van der Waals surface area (Å²) < 4.78 is 29.8. The Kier molecular flexibility index (Phi) is 5.74. The molecule has 6 nitrogen and oxygen atoms in total. The van der Waals surface area contributed by atoms with Crippen molar-refractivity contribution < 1.29 is 8.78 Å². The lowest BCUT2D eigenvalue weighted by Crippen LogP contribution is -2.44. The Labute approximate surface area is 174 Å². The van der Waals surface area contributed by atoms with Gasteiger partial charge in [0.15, 0.2) is 11.8 Å². The van der Waals surface area contributed by atoms with Crippen molar-refractivity contribution in [2.75, 3.05) is 6.54 Å². The van der Waals surface area contributed by atoms with Gasteiger partial charge in [-0.1, -0.05) is 30.3 Å². The molecule has 0 radical (unpaired) electrons. The van der Waals surface area contributed by atoms with Crippen molar-refractivity contribution in [2.45, 2.75) is 33.0 Å². The van der Waals surface area contributed by atoms with Crippen LogP contribution < -0.4 is 5.32 Å². The second-order valence-electron chi connectivity index (χ2n) is 7.40. The van der Waals surface area contributed by atoms with E-state index >= 15 is 0 Å². The van der Waals surface area contributed by atoms with Gasteiger partial charge in [-0.15, -0.1) is 10.2 Å². The molecule has 1 aliphatic rings. The maximum atomic E-state index is 14.1. The summed E-state index contributed by atoms with van der Waals surface area (Å²) in [6, 6.07) is 12.3.